The van der Waals surface area contributed by atoms with Gasteiger partial charge < -0.3 is 20.7 Å². The standard InChI is InChI=1S/C21H24N6O3/c1-26-20(29)18(19(22)27-12-11-23-21(26)27)24-13-17(28)25-14-7-9-16(10-8-14)30-15-5-3-2-4-6-15/h2-10,18-19,24H,11-13,22H2,1H3,(H,25,28). The Hall–Kier alpha value is -3.43. The van der Waals surface area contributed by atoms with E-state index < -0.39 is 12.2 Å². The number of amides is 2. The molecule has 2 aromatic rings. The molecule has 1 saturated heterocycles. The molecule has 4 N–H and O–H groups in total. The van der Waals surface area contributed by atoms with Gasteiger partial charge >= 0.3 is 0 Å². The first-order chi connectivity index (χ1) is 14.5. The Bertz CT molecular complexity index is 947. The quantitative estimate of drug-likeness (QED) is 0.652. The van der Waals surface area contributed by atoms with Crippen LogP contribution in [0.3, 0.4) is 0 Å². The molecule has 9 nitrogen and oxygen atoms in total. The first-order valence-corrected chi connectivity index (χ1v) is 9.73. The maximum Gasteiger partial charge on any atom is 0.249 e. The highest BCUT2D eigenvalue weighted by molar-refractivity contribution is 6.03. The number of para-hydroxylation sites is 1. The van der Waals surface area contributed by atoms with Crippen molar-refractivity contribution in [3.8, 4) is 11.5 Å². The van der Waals surface area contributed by atoms with Gasteiger partial charge in [0.15, 0.2) is 0 Å². The normalized spacial score (nSPS) is 20.6. The summed E-state index contributed by atoms with van der Waals surface area (Å²) in [5.41, 5.74) is 6.86. The highest BCUT2D eigenvalue weighted by atomic mass is 16.5. The van der Waals surface area contributed by atoms with E-state index in [-0.39, 0.29) is 18.4 Å². The molecule has 2 aliphatic heterocycles. The number of nitrogens with two attached hydrogens (primary N) is 1. The predicted molar refractivity (Wildman–Crippen MR) is 113 cm³/mol. The van der Waals surface area contributed by atoms with E-state index in [1.807, 2.05) is 35.2 Å². The molecule has 2 aliphatic rings. The highest BCUT2D eigenvalue weighted by Crippen LogP contribution is 2.22. The number of rotatable bonds is 6. The molecule has 2 amide bonds. The lowest BCUT2D eigenvalue weighted by molar-refractivity contribution is -0.132. The molecule has 0 radical (unpaired) electrons. The first kappa shape index (κ1) is 19.9. The number of hydrogen-bond acceptors (Lipinski definition) is 7. The molecule has 0 bridgehead atoms. The van der Waals surface area contributed by atoms with Gasteiger partial charge in [0.2, 0.25) is 17.8 Å². The Balaban J connectivity index is 1.30. The van der Waals surface area contributed by atoms with Gasteiger partial charge in [-0.05, 0) is 36.4 Å². The number of nitrogens with one attached hydrogen (secondary N) is 2. The number of benzene rings is 2. The molecule has 156 valence electrons. The largest absolute Gasteiger partial charge is 0.457 e. The number of nitrogens with zero attached hydrogens (tertiary/aromatic N) is 3. The van der Waals surface area contributed by atoms with Crippen molar-refractivity contribution in [3.63, 3.8) is 0 Å². The van der Waals surface area contributed by atoms with Gasteiger partial charge in [-0.25, -0.2) is 0 Å². The van der Waals surface area contributed by atoms with Crippen LogP contribution in [0.15, 0.2) is 59.6 Å². The molecule has 9 heteroatoms. The molecule has 4 rings (SSSR count). The second-order valence-electron chi connectivity index (χ2n) is 7.11. The highest BCUT2D eigenvalue weighted by Gasteiger charge is 2.43. The summed E-state index contributed by atoms with van der Waals surface area (Å²) in [7, 11) is 1.67. The number of likely N-dealkylation sites (N-methyl/N-ethyl adjacent to an activating group) is 1. The smallest absolute Gasteiger partial charge is 0.249 e. The molecule has 2 heterocycles. The van der Waals surface area contributed by atoms with Crippen molar-refractivity contribution in [2.24, 2.45) is 10.7 Å². The maximum atomic E-state index is 12.6. The summed E-state index contributed by atoms with van der Waals surface area (Å²) in [6, 6.07) is 15.8. The third-order valence-electron chi connectivity index (χ3n) is 5.05. The predicted octanol–water partition coefficient (Wildman–Crippen LogP) is 0.804. The zero-order chi connectivity index (χ0) is 21.1. The van der Waals surface area contributed by atoms with Crippen molar-refractivity contribution in [1.82, 2.24) is 15.1 Å². The Morgan fingerprint density at radius 3 is 2.60 bits per heavy atom. The molecule has 30 heavy (non-hydrogen) atoms. The summed E-state index contributed by atoms with van der Waals surface area (Å²) in [4.78, 5) is 32.6. The van der Waals surface area contributed by atoms with Gasteiger partial charge in [-0.15, -0.1) is 0 Å². The molecule has 0 saturated carbocycles. The summed E-state index contributed by atoms with van der Waals surface area (Å²) in [5.74, 6) is 1.53. The number of aliphatic imine (C=N–C) groups is 1. The van der Waals surface area contributed by atoms with Gasteiger partial charge in [-0.3, -0.25) is 24.8 Å². The zero-order valence-corrected chi connectivity index (χ0v) is 16.6. The van der Waals surface area contributed by atoms with Crippen molar-refractivity contribution in [1.29, 1.82) is 0 Å². The second-order valence-corrected chi connectivity index (χ2v) is 7.11. The summed E-state index contributed by atoms with van der Waals surface area (Å²) < 4.78 is 5.74. The number of ether oxygens (including phenoxy) is 1. The van der Waals surface area contributed by atoms with Crippen molar-refractivity contribution >= 4 is 23.5 Å². The Kier molecular flexibility index (Phi) is 5.64. The van der Waals surface area contributed by atoms with E-state index in [9.17, 15) is 9.59 Å². The Morgan fingerprint density at radius 1 is 1.17 bits per heavy atom. The fourth-order valence-electron chi connectivity index (χ4n) is 3.51. The summed E-state index contributed by atoms with van der Waals surface area (Å²) in [6.07, 6.45) is -0.558. The monoisotopic (exact) mass is 408 g/mol. The molecule has 0 aliphatic carbocycles. The van der Waals surface area contributed by atoms with Gasteiger partial charge in [0.05, 0.1) is 13.1 Å². The number of carbonyl (C=O) groups is 2. The molecule has 0 spiro atoms. The van der Waals surface area contributed by atoms with Crippen LogP contribution in [0.4, 0.5) is 5.69 Å². The van der Waals surface area contributed by atoms with Gasteiger partial charge in [-0.2, -0.15) is 0 Å². The summed E-state index contributed by atoms with van der Waals surface area (Å²) in [5, 5.41) is 5.78. The molecule has 2 unspecified atom stereocenters. The van der Waals surface area contributed by atoms with E-state index in [4.69, 9.17) is 10.5 Å². The lowest BCUT2D eigenvalue weighted by atomic mass is 10.1. The van der Waals surface area contributed by atoms with E-state index in [2.05, 4.69) is 15.6 Å². The second kappa shape index (κ2) is 8.52. The number of anilines is 1. The molecule has 1 fully saturated rings. The maximum absolute atomic E-state index is 12.6. The number of fused-ring (bicyclic) bond motifs is 1. The number of carbonyl (C=O) groups excluding carboxylic acids is 2. The van der Waals surface area contributed by atoms with E-state index in [0.29, 0.717) is 30.5 Å². The van der Waals surface area contributed by atoms with Crippen molar-refractivity contribution < 1.29 is 14.3 Å². The van der Waals surface area contributed by atoms with Gasteiger partial charge in [0, 0.05) is 19.3 Å². The average Bonchev–Trinajstić information content (AvgIpc) is 3.25. The van der Waals surface area contributed by atoms with Crippen molar-refractivity contribution in [2.75, 3.05) is 32.0 Å². The number of hydrogen-bond donors (Lipinski definition) is 3. The minimum absolute atomic E-state index is 0.0411. The van der Waals surface area contributed by atoms with Crippen LogP contribution < -0.4 is 21.1 Å². The van der Waals surface area contributed by atoms with Crippen LogP contribution in [0, 0.1) is 0 Å². The Labute approximate surface area is 174 Å². The minimum atomic E-state index is -0.681. The molecule has 2 aromatic carbocycles. The van der Waals surface area contributed by atoms with Crippen LogP contribution in [-0.2, 0) is 9.59 Å². The fraction of sp³-hybridized carbons (Fsp3) is 0.286. The van der Waals surface area contributed by atoms with E-state index in [1.54, 1.807) is 31.3 Å². The van der Waals surface area contributed by atoms with Crippen molar-refractivity contribution in [3.05, 3.63) is 54.6 Å². The van der Waals surface area contributed by atoms with E-state index in [1.165, 1.54) is 4.90 Å². The van der Waals surface area contributed by atoms with Crippen molar-refractivity contribution in [2.45, 2.75) is 12.2 Å². The van der Waals surface area contributed by atoms with Crippen LogP contribution in [0.25, 0.3) is 0 Å². The average molecular weight is 408 g/mol. The summed E-state index contributed by atoms with van der Waals surface area (Å²) >= 11 is 0. The zero-order valence-electron chi connectivity index (χ0n) is 16.6. The van der Waals surface area contributed by atoms with Crippen LogP contribution >= 0.6 is 0 Å². The molecule has 2 atom stereocenters. The van der Waals surface area contributed by atoms with Gasteiger partial charge in [0.1, 0.15) is 23.7 Å². The lowest BCUT2D eigenvalue weighted by Crippen LogP contribution is -2.69. The third kappa shape index (κ3) is 4.12. The van der Waals surface area contributed by atoms with Crippen LogP contribution in [0.2, 0.25) is 0 Å². The van der Waals surface area contributed by atoms with E-state index >= 15 is 0 Å². The van der Waals surface area contributed by atoms with Crippen LogP contribution in [0.5, 0.6) is 11.5 Å². The van der Waals surface area contributed by atoms with Crippen LogP contribution in [0.1, 0.15) is 0 Å². The third-order valence-corrected chi connectivity index (χ3v) is 5.05. The molecular formula is C21H24N6O3. The number of guanidine groups is 1. The lowest BCUT2D eigenvalue weighted by Gasteiger charge is -2.41. The SMILES string of the molecule is CN1C(=O)C(NCC(=O)Nc2ccc(Oc3ccccc3)cc2)C(N)N2CCN=C12. The molecular weight excluding hydrogens is 384 g/mol. The van der Waals surface area contributed by atoms with Gasteiger partial charge in [0.25, 0.3) is 0 Å². The van der Waals surface area contributed by atoms with Gasteiger partial charge in [-0.1, -0.05) is 18.2 Å². The van der Waals surface area contributed by atoms with E-state index in [0.717, 1.165) is 5.75 Å². The topological polar surface area (TPSA) is 112 Å². The summed E-state index contributed by atoms with van der Waals surface area (Å²) in [6.45, 7) is 1.23. The fourth-order valence-corrected chi connectivity index (χ4v) is 3.51. The first-order valence-electron chi connectivity index (χ1n) is 9.73. The minimum Gasteiger partial charge on any atom is -0.457 e. The van der Waals surface area contributed by atoms with Crippen LogP contribution in [-0.4, -0.2) is 66.5 Å². The Morgan fingerprint density at radius 2 is 1.87 bits per heavy atom. The molecule has 0 aromatic heterocycles.